The number of rotatable bonds is 4. The van der Waals surface area contributed by atoms with Crippen molar-refractivity contribution in [2.24, 2.45) is 0 Å². The van der Waals surface area contributed by atoms with Crippen LogP contribution in [-0.2, 0) is 9.53 Å². The van der Waals surface area contributed by atoms with E-state index in [1.54, 1.807) is 0 Å². The van der Waals surface area contributed by atoms with Gasteiger partial charge in [0.25, 0.3) is 0 Å². The summed E-state index contributed by atoms with van der Waals surface area (Å²) in [5.74, 6) is -0.227. The second kappa shape index (κ2) is 5.47. The van der Waals surface area contributed by atoms with E-state index in [2.05, 4.69) is 18.7 Å². The van der Waals surface area contributed by atoms with Gasteiger partial charge in [0.05, 0.1) is 13.2 Å². The van der Waals surface area contributed by atoms with Crippen molar-refractivity contribution in [2.75, 3.05) is 13.7 Å². The molecule has 4 heteroatoms. The average molecular weight is 215 g/mol. The summed E-state index contributed by atoms with van der Waals surface area (Å²) in [5.41, 5.74) is 0. The standard InChI is InChI=1S/C11H21NO3/c1-4-5-8(2)12-7-9(13)6-10(12)11(14)15-3/h8-10,13H,4-7H2,1-3H3. The van der Waals surface area contributed by atoms with Crippen LogP contribution in [0, 0.1) is 0 Å². The first-order chi connectivity index (χ1) is 7.10. The van der Waals surface area contributed by atoms with Gasteiger partial charge in [-0.15, -0.1) is 0 Å². The minimum atomic E-state index is -0.395. The van der Waals surface area contributed by atoms with Gasteiger partial charge in [0.1, 0.15) is 6.04 Å². The van der Waals surface area contributed by atoms with Crippen LogP contribution < -0.4 is 0 Å². The van der Waals surface area contributed by atoms with Crippen LogP contribution in [-0.4, -0.2) is 47.8 Å². The number of carbonyl (C=O) groups excluding carboxylic acids is 1. The molecule has 0 aromatic rings. The number of likely N-dealkylation sites (tertiary alicyclic amines) is 1. The van der Waals surface area contributed by atoms with Crippen molar-refractivity contribution in [3.63, 3.8) is 0 Å². The minimum Gasteiger partial charge on any atom is -0.468 e. The van der Waals surface area contributed by atoms with Gasteiger partial charge >= 0.3 is 5.97 Å². The zero-order chi connectivity index (χ0) is 11.4. The Morgan fingerprint density at radius 2 is 2.33 bits per heavy atom. The summed E-state index contributed by atoms with van der Waals surface area (Å²) in [4.78, 5) is 13.6. The maximum atomic E-state index is 11.5. The van der Waals surface area contributed by atoms with Crippen LogP contribution in [0.15, 0.2) is 0 Å². The Hall–Kier alpha value is -0.610. The Labute approximate surface area is 91.2 Å². The maximum Gasteiger partial charge on any atom is 0.323 e. The third-order valence-electron chi connectivity index (χ3n) is 3.06. The monoisotopic (exact) mass is 215 g/mol. The molecule has 0 aliphatic carbocycles. The number of aliphatic hydroxyl groups is 1. The van der Waals surface area contributed by atoms with E-state index in [1.165, 1.54) is 7.11 Å². The van der Waals surface area contributed by atoms with Crippen LogP contribution in [0.5, 0.6) is 0 Å². The molecule has 0 aromatic carbocycles. The van der Waals surface area contributed by atoms with Gasteiger partial charge in [0, 0.05) is 19.0 Å². The fraction of sp³-hybridized carbons (Fsp3) is 0.909. The van der Waals surface area contributed by atoms with Gasteiger partial charge in [-0.05, 0) is 13.3 Å². The lowest BCUT2D eigenvalue weighted by Gasteiger charge is -2.28. The summed E-state index contributed by atoms with van der Waals surface area (Å²) in [5, 5.41) is 9.58. The van der Waals surface area contributed by atoms with Crippen molar-refractivity contribution in [3.8, 4) is 0 Å². The fourth-order valence-corrected chi connectivity index (χ4v) is 2.28. The van der Waals surface area contributed by atoms with Gasteiger partial charge in [-0.25, -0.2) is 0 Å². The molecule has 1 fully saturated rings. The molecule has 88 valence electrons. The van der Waals surface area contributed by atoms with E-state index < -0.39 is 6.10 Å². The highest BCUT2D eigenvalue weighted by Gasteiger charge is 2.38. The average Bonchev–Trinajstić information content (AvgIpc) is 2.59. The number of carbonyl (C=O) groups is 1. The van der Waals surface area contributed by atoms with Gasteiger partial charge in [0.2, 0.25) is 0 Å². The third-order valence-corrected chi connectivity index (χ3v) is 3.06. The summed E-state index contributed by atoms with van der Waals surface area (Å²) in [6, 6.07) is 0.0720. The highest BCUT2D eigenvalue weighted by atomic mass is 16.5. The molecule has 1 N–H and O–H groups in total. The van der Waals surface area contributed by atoms with Crippen LogP contribution in [0.4, 0.5) is 0 Å². The van der Waals surface area contributed by atoms with Crippen LogP contribution in [0.25, 0.3) is 0 Å². The molecule has 0 spiro atoms. The number of hydrogen-bond acceptors (Lipinski definition) is 4. The fourth-order valence-electron chi connectivity index (χ4n) is 2.28. The molecular formula is C11H21NO3. The lowest BCUT2D eigenvalue weighted by Crippen LogP contribution is -2.42. The van der Waals surface area contributed by atoms with E-state index in [0.29, 0.717) is 19.0 Å². The Balaban J connectivity index is 2.63. The minimum absolute atomic E-state index is 0.227. The Kier molecular flexibility index (Phi) is 4.54. The van der Waals surface area contributed by atoms with Crippen LogP contribution >= 0.6 is 0 Å². The molecular weight excluding hydrogens is 194 g/mol. The number of nitrogens with zero attached hydrogens (tertiary/aromatic N) is 1. The van der Waals surface area contributed by atoms with Crippen molar-refractivity contribution >= 4 is 5.97 Å². The molecule has 4 nitrogen and oxygen atoms in total. The van der Waals surface area contributed by atoms with E-state index in [1.807, 2.05) is 0 Å². The largest absolute Gasteiger partial charge is 0.468 e. The van der Waals surface area contributed by atoms with Gasteiger partial charge in [0.15, 0.2) is 0 Å². The molecule has 0 amide bonds. The molecule has 3 atom stereocenters. The Morgan fingerprint density at radius 1 is 1.67 bits per heavy atom. The van der Waals surface area contributed by atoms with Crippen molar-refractivity contribution in [1.29, 1.82) is 0 Å². The molecule has 0 bridgehead atoms. The predicted octanol–water partition coefficient (Wildman–Crippen LogP) is 0.783. The molecule has 0 aromatic heterocycles. The number of β-amino-alcohol motifs (C(OH)–C–C–N with tert-alkyl or cyclic N) is 1. The molecule has 3 unspecified atom stereocenters. The molecule has 0 saturated carbocycles. The molecule has 1 heterocycles. The predicted molar refractivity (Wildman–Crippen MR) is 57.5 cm³/mol. The zero-order valence-electron chi connectivity index (χ0n) is 9.77. The lowest BCUT2D eigenvalue weighted by atomic mass is 10.1. The number of hydrogen-bond donors (Lipinski definition) is 1. The number of aliphatic hydroxyl groups excluding tert-OH is 1. The smallest absolute Gasteiger partial charge is 0.323 e. The summed E-state index contributed by atoms with van der Waals surface area (Å²) < 4.78 is 4.75. The third kappa shape index (κ3) is 2.92. The van der Waals surface area contributed by atoms with E-state index in [0.717, 1.165) is 12.8 Å². The van der Waals surface area contributed by atoms with Crippen molar-refractivity contribution in [1.82, 2.24) is 4.90 Å². The molecule has 15 heavy (non-hydrogen) atoms. The van der Waals surface area contributed by atoms with Crippen molar-refractivity contribution in [2.45, 2.75) is 51.3 Å². The normalized spacial score (nSPS) is 29.1. The second-order valence-electron chi connectivity index (χ2n) is 4.26. The van der Waals surface area contributed by atoms with E-state index in [-0.39, 0.29) is 12.0 Å². The van der Waals surface area contributed by atoms with Crippen LogP contribution in [0.2, 0.25) is 0 Å². The maximum absolute atomic E-state index is 11.5. The first-order valence-electron chi connectivity index (χ1n) is 5.61. The quantitative estimate of drug-likeness (QED) is 0.704. The second-order valence-corrected chi connectivity index (χ2v) is 4.26. The Bertz CT molecular complexity index is 220. The van der Waals surface area contributed by atoms with Crippen LogP contribution in [0.3, 0.4) is 0 Å². The number of esters is 1. The molecule has 1 aliphatic rings. The highest BCUT2D eigenvalue weighted by Crippen LogP contribution is 2.23. The van der Waals surface area contributed by atoms with Gasteiger partial charge in [-0.1, -0.05) is 13.3 Å². The summed E-state index contributed by atoms with van der Waals surface area (Å²) in [6.45, 7) is 4.80. The molecule has 1 rings (SSSR count). The van der Waals surface area contributed by atoms with Gasteiger partial charge in [-0.3, -0.25) is 9.69 Å². The highest BCUT2D eigenvalue weighted by molar-refractivity contribution is 5.76. The van der Waals surface area contributed by atoms with Crippen LogP contribution in [0.1, 0.15) is 33.1 Å². The lowest BCUT2D eigenvalue weighted by molar-refractivity contribution is -0.146. The molecule has 1 saturated heterocycles. The topological polar surface area (TPSA) is 49.8 Å². The summed E-state index contributed by atoms with van der Waals surface area (Å²) in [7, 11) is 1.40. The Morgan fingerprint density at radius 3 is 2.87 bits per heavy atom. The van der Waals surface area contributed by atoms with Crippen molar-refractivity contribution in [3.05, 3.63) is 0 Å². The van der Waals surface area contributed by atoms with Gasteiger partial charge < -0.3 is 9.84 Å². The van der Waals surface area contributed by atoms with Crippen molar-refractivity contribution < 1.29 is 14.6 Å². The number of ether oxygens (including phenoxy) is 1. The van der Waals surface area contributed by atoms with E-state index in [9.17, 15) is 9.90 Å². The first-order valence-corrected chi connectivity index (χ1v) is 5.61. The first kappa shape index (κ1) is 12.5. The molecule has 0 radical (unpaired) electrons. The summed E-state index contributed by atoms with van der Waals surface area (Å²) >= 11 is 0. The summed E-state index contributed by atoms with van der Waals surface area (Å²) in [6.07, 6.45) is 2.23. The van der Waals surface area contributed by atoms with E-state index >= 15 is 0 Å². The SMILES string of the molecule is CCCC(C)N1CC(O)CC1C(=O)OC. The zero-order valence-corrected chi connectivity index (χ0v) is 9.77. The number of methoxy groups -OCH3 is 1. The van der Waals surface area contributed by atoms with Gasteiger partial charge in [-0.2, -0.15) is 0 Å². The molecule has 1 aliphatic heterocycles. The van der Waals surface area contributed by atoms with E-state index in [4.69, 9.17) is 4.74 Å².